The first-order valence-corrected chi connectivity index (χ1v) is 5.22. The second kappa shape index (κ2) is 4.86. The third-order valence-corrected chi connectivity index (χ3v) is 3.42. The third-order valence-electron chi connectivity index (χ3n) is 3.42. The quantitative estimate of drug-likeness (QED) is 0.675. The summed E-state index contributed by atoms with van der Waals surface area (Å²) in [5.74, 6) is 0.856. The Labute approximate surface area is 77.2 Å². The Kier molecular flexibility index (Phi) is 4.84. The van der Waals surface area contributed by atoms with Crippen LogP contribution < -0.4 is 0 Å². The normalized spacial score (nSPS) is 19.2. The van der Waals surface area contributed by atoms with Crippen LogP contribution in [0.2, 0.25) is 0 Å². The standard InChI is InChI=1S/C11H24O/c1-6-9(4)11(5,12)10(7-2)8-3/h9-10,12H,6-8H2,1-5H3. The fourth-order valence-electron chi connectivity index (χ4n) is 1.93. The minimum absolute atomic E-state index is 0.405. The lowest BCUT2D eigenvalue weighted by Gasteiger charge is -2.36. The fraction of sp³-hybridized carbons (Fsp3) is 1.00. The van der Waals surface area contributed by atoms with Crippen LogP contribution >= 0.6 is 0 Å². The van der Waals surface area contributed by atoms with E-state index in [1.54, 1.807) is 0 Å². The Hall–Kier alpha value is -0.0400. The average Bonchev–Trinajstić information content (AvgIpc) is 2.04. The summed E-state index contributed by atoms with van der Waals surface area (Å²) in [6.07, 6.45) is 3.21. The second-order valence-corrected chi connectivity index (χ2v) is 4.05. The smallest absolute Gasteiger partial charge is 0.0672 e. The van der Waals surface area contributed by atoms with Gasteiger partial charge in [-0.2, -0.15) is 0 Å². The van der Waals surface area contributed by atoms with Crippen LogP contribution in [0.15, 0.2) is 0 Å². The molecule has 1 N–H and O–H groups in total. The molecule has 0 rings (SSSR count). The summed E-state index contributed by atoms with van der Waals surface area (Å²) in [6, 6.07) is 0. The van der Waals surface area contributed by atoms with Crippen LogP contribution in [0.25, 0.3) is 0 Å². The molecule has 0 spiro atoms. The lowest BCUT2D eigenvalue weighted by Crippen LogP contribution is -2.40. The fourth-order valence-corrected chi connectivity index (χ4v) is 1.93. The van der Waals surface area contributed by atoms with Crippen molar-refractivity contribution in [1.82, 2.24) is 0 Å². The van der Waals surface area contributed by atoms with Crippen molar-refractivity contribution in [1.29, 1.82) is 0 Å². The van der Waals surface area contributed by atoms with E-state index >= 15 is 0 Å². The summed E-state index contributed by atoms with van der Waals surface area (Å²) in [6.45, 7) is 10.6. The van der Waals surface area contributed by atoms with E-state index in [1.165, 1.54) is 0 Å². The molecule has 0 bridgehead atoms. The van der Waals surface area contributed by atoms with Crippen LogP contribution in [0.4, 0.5) is 0 Å². The van der Waals surface area contributed by atoms with Crippen LogP contribution in [0, 0.1) is 11.8 Å². The molecule has 0 aromatic heterocycles. The molecule has 0 fully saturated rings. The highest BCUT2D eigenvalue weighted by Gasteiger charge is 2.33. The monoisotopic (exact) mass is 172 g/mol. The van der Waals surface area contributed by atoms with Gasteiger partial charge in [0.25, 0.3) is 0 Å². The van der Waals surface area contributed by atoms with Gasteiger partial charge in [0.05, 0.1) is 5.60 Å². The summed E-state index contributed by atoms with van der Waals surface area (Å²) in [4.78, 5) is 0. The van der Waals surface area contributed by atoms with Gasteiger partial charge in [-0.25, -0.2) is 0 Å². The predicted octanol–water partition coefficient (Wildman–Crippen LogP) is 3.22. The molecule has 0 saturated heterocycles. The molecule has 0 aliphatic carbocycles. The van der Waals surface area contributed by atoms with E-state index in [9.17, 15) is 5.11 Å². The highest BCUT2D eigenvalue weighted by molar-refractivity contribution is 4.84. The van der Waals surface area contributed by atoms with Gasteiger partial charge in [-0.15, -0.1) is 0 Å². The Balaban J connectivity index is 4.33. The van der Waals surface area contributed by atoms with Gasteiger partial charge in [0.1, 0.15) is 0 Å². The number of rotatable bonds is 5. The van der Waals surface area contributed by atoms with Crippen LogP contribution in [0.3, 0.4) is 0 Å². The SMILES string of the molecule is CCC(C)C(C)(O)C(CC)CC. The molecule has 0 amide bonds. The topological polar surface area (TPSA) is 20.2 Å². The van der Waals surface area contributed by atoms with Crippen molar-refractivity contribution in [3.63, 3.8) is 0 Å². The summed E-state index contributed by atoms with van der Waals surface area (Å²) in [5.41, 5.74) is -0.474. The van der Waals surface area contributed by atoms with Crippen LogP contribution in [-0.4, -0.2) is 10.7 Å². The molecule has 0 radical (unpaired) electrons. The molecule has 0 aromatic carbocycles. The van der Waals surface area contributed by atoms with Gasteiger partial charge in [-0.3, -0.25) is 0 Å². The largest absolute Gasteiger partial charge is 0.390 e. The van der Waals surface area contributed by atoms with E-state index in [2.05, 4.69) is 27.7 Å². The summed E-state index contributed by atoms with van der Waals surface area (Å²) in [7, 11) is 0. The van der Waals surface area contributed by atoms with E-state index in [-0.39, 0.29) is 0 Å². The van der Waals surface area contributed by atoms with Crippen LogP contribution in [-0.2, 0) is 0 Å². The Morgan fingerprint density at radius 1 is 1.08 bits per heavy atom. The summed E-state index contributed by atoms with van der Waals surface area (Å²) in [5, 5.41) is 10.2. The first kappa shape index (κ1) is 12.0. The molecular formula is C11H24O. The van der Waals surface area contributed by atoms with Crippen LogP contribution in [0.5, 0.6) is 0 Å². The Morgan fingerprint density at radius 3 is 1.75 bits per heavy atom. The molecule has 2 unspecified atom stereocenters. The highest BCUT2D eigenvalue weighted by Crippen LogP contribution is 2.32. The molecule has 0 saturated carbocycles. The van der Waals surface area contributed by atoms with Gasteiger partial charge < -0.3 is 5.11 Å². The Morgan fingerprint density at radius 2 is 1.50 bits per heavy atom. The summed E-state index contributed by atoms with van der Waals surface area (Å²) >= 11 is 0. The summed E-state index contributed by atoms with van der Waals surface area (Å²) < 4.78 is 0. The molecule has 12 heavy (non-hydrogen) atoms. The molecule has 74 valence electrons. The van der Waals surface area contributed by atoms with Gasteiger partial charge in [0.15, 0.2) is 0 Å². The zero-order chi connectivity index (χ0) is 9.78. The molecular weight excluding hydrogens is 148 g/mol. The lowest BCUT2D eigenvalue weighted by molar-refractivity contribution is -0.0518. The first-order valence-electron chi connectivity index (χ1n) is 5.22. The predicted molar refractivity (Wildman–Crippen MR) is 54.2 cm³/mol. The van der Waals surface area contributed by atoms with Gasteiger partial charge in [-0.05, 0) is 18.8 Å². The maximum absolute atomic E-state index is 10.2. The molecule has 1 heteroatoms. The number of hydrogen-bond acceptors (Lipinski definition) is 1. The van der Waals surface area contributed by atoms with E-state index < -0.39 is 5.60 Å². The Bertz CT molecular complexity index is 114. The van der Waals surface area contributed by atoms with Gasteiger partial charge >= 0.3 is 0 Å². The van der Waals surface area contributed by atoms with Crippen LogP contribution in [0.1, 0.15) is 53.9 Å². The molecule has 0 heterocycles. The maximum atomic E-state index is 10.2. The average molecular weight is 172 g/mol. The molecule has 1 nitrogen and oxygen atoms in total. The van der Waals surface area contributed by atoms with Crippen molar-refractivity contribution in [2.75, 3.05) is 0 Å². The molecule has 2 atom stereocenters. The van der Waals surface area contributed by atoms with Gasteiger partial charge in [-0.1, -0.05) is 47.0 Å². The third kappa shape index (κ3) is 2.48. The van der Waals surface area contributed by atoms with Crippen molar-refractivity contribution < 1.29 is 5.11 Å². The van der Waals surface area contributed by atoms with Crippen molar-refractivity contribution in [2.45, 2.75) is 59.5 Å². The molecule has 0 aliphatic heterocycles. The van der Waals surface area contributed by atoms with Crippen molar-refractivity contribution in [3.05, 3.63) is 0 Å². The van der Waals surface area contributed by atoms with Crippen molar-refractivity contribution in [3.8, 4) is 0 Å². The number of hydrogen-bond donors (Lipinski definition) is 1. The highest BCUT2D eigenvalue weighted by atomic mass is 16.3. The second-order valence-electron chi connectivity index (χ2n) is 4.05. The minimum atomic E-state index is -0.474. The first-order chi connectivity index (χ1) is 5.50. The van der Waals surface area contributed by atoms with Gasteiger partial charge in [0, 0.05) is 0 Å². The molecule has 0 aromatic rings. The zero-order valence-corrected chi connectivity index (χ0v) is 9.22. The van der Waals surface area contributed by atoms with E-state index in [0.29, 0.717) is 11.8 Å². The number of aliphatic hydroxyl groups is 1. The minimum Gasteiger partial charge on any atom is -0.390 e. The van der Waals surface area contributed by atoms with E-state index in [1.807, 2.05) is 6.92 Å². The van der Waals surface area contributed by atoms with Crippen molar-refractivity contribution in [2.24, 2.45) is 11.8 Å². The molecule has 0 aliphatic rings. The van der Waals surface area contributed by atoms with Gasteiger partial charge in [0.2, 0.25) is 0 Å². The lowest BCUT2D eigenvalue weighted by atomic mass is 9.75. The zero-order valence-electron chi connectivity index (χ0n) is 9.22. The van der Waals surface area contributed by atoms with E-state index in [0.717, 1.165) is 19.3 Å². The maximum Gasteiger partial charge on any atom is 0.0672 e. The van der Waals surface area contributed by atoms with E-state index in [4.69, 9.17) is 0 Å². The van der Waals surface area contributed by atoms with Crippen molar-refractivity contribution >= 4 is 0 Å².